The van der Waals surface area contributed by atoms with Gasteiger partial charge in [0.1, 0.15) is 0 Å². The number of rotatable bonds is 7. The lowest BCUT2D eigenvalue weighted by Gasteiger charge is -2.32. The van der Waals surface area contributed by atoms with E-state index in [2.05, 4.69) is 9.80 Å². The molecule has 2 aliphatic rings. The number of benzene rings is 1. The van der Waals surface area contributed by atoms with Gasteiger partial charge in [0.15, 0.2) is 11.5 Å². The molecule has 0 saturated carbocycles. The number of nitrogens with zero attached hydrogens (tertiary/aromatic N) is 2. The molecule has 0 spiro atoms. The molecule has 2 aliphatic heterocycles. The summed E-state index contributed by atoms with van der Waals surface area (Å²) in [5.41, 5.74) is 0.841. The Morgan fingerprint density at radius 2 is 1.76 bits per heavy atom. The second kappa shape index (κ2) is 10.8. The largest absolute Gasteiger partial charge is 0.493 e. The van der Waals surface area contributed by atoms with Crippen molar-refractivity contribution in [3.63, 3.8) is 0 Å². The van der Waals surface area contributed by atoms with Crippen molar-refractivity contribution < 1.29 is 19.0 Å². The van der Waals surface area contributed by atoms with Crippen molar-refractivity contribution in [3.8, 4) is 17.2 Å². The van der Waals surface area contributed by atoms with Crippen LogP contribution in [0.4, 0.5) is 0 Å². The van der Waals surface area contributed by atoms with Crippen LogP contribution in [0.3, 0.4) is 0 Å². The van der Waals surface area contributed by atoms with Gasteiger partial charge in [-0.3, -0.25) is 4.79 Å². The zero-order valence-corrected chi connectivity index (χ0v) is 18.5. The lowest BCUT2D eigenvalue weighted by Crippen LogP contribution is -2.47. The number of methoxy groups -OCH3 is 3. The second-order valence-electron chi connectivity index (χ2n) is 7.41. The average Bonchev–Trinajstić information content (AvgIpc) is 3.15. The Balaban J connectivity index is 1.75. The number of hydrogen-bond acceptors (Lipinski definition) is 6. The van der Waals surface area contributed by atoms with Gasteiger partial charge in [0.25, 0.3) is 0 Å². The quantitative estimate of drug-likeness (QED) is 0.632. The molecule has 2 saturated heterocycles. The first-order valence-corrected chi connectivity index (χ1v) is 11.4. The smallest absolute Gasteiger partial charge is 0.246 e. The molecule has 1 aromatic rings. The first kappa shape index (κ1) is 21.8. The molecule has 29 heavy (non-hydrogen) atoms. The van der Waals surface area contributed by atoms with E-state index in [1.807, 2.05) is 30.0 Å². The number of hydrogen-bond donors (Lipinski definition) is 0. The van der Waals surface area contributed by atoms with Gasteiger partial charge in [-0.05, 0) is 61.9 Å². The van der Waals surface area contributed by atoms with Crippen LogP contribution in [0.5, 0.6) is 17.2 Å². The van der Waals surface area contributed by atoms with Crippen LogP contribution in [-0.4, -0.2) is 80.8 Å². The van der Waals surface area contributed by atoms with E-state index in [0.717, 1.165) is 49.7 Å². The van der Waals surface area contributed by atoms with Crippen molar-refractivity contribution in [3.05, 3.63) is 23.8 Å². The molecule has 0 bridgehead atoms. The molecular formula is C22H32N2O4S. The summed E-state index contributed by atoms with van der Waals surface area (Å²) in [4.78, 5) is 17.6. The second-order valence-corrected chi connectivity index (χ2v) is 8.56. The topological polar surface area (TPSA) is 51.2 Å². The Hall–Kier alpha value is -1.86. The fourth-order valence-corrected chi connectivity index (χ4v) is 5.05. The van der Waals surface area contributed by atoms with Crippen LogP contribution in [0.25, 0.3) is 6.08 Å². The predicted molar refractivity (Wildman–Crippen MR) is 118 cm³/mol. The molecular weight excluding hydrogens is 388 g/mol. The van der Waals surface area contributed by atoms with Crippen LogP contribution >= 0.6 is 11.8 Å². The van der Waals surface area contributed by atoms with Gasteiger partial charge in [-0.15, -0.1) is 0 Å². The zero-order valence-electron chi connectivity index (χ0n) is 17.7. The van der Waals surface area contributed by atoms with Gasteiger partial charge in [-0.2, -0.15) is 11.8 Å². The summed E-state index contributed by atoms with van der Waals surface area (Å²) in [5, 5.41) is 0. The Morgan fingerprint density at radius 3 is 2.38 bits per heavy atom. The van der Waals surface area contributed by atoms with Crippen LogP contribution in [0.2, 0.25) is 0 Å². The van der Waals surface area contributed by atoms with Gasteiger partial charge < -0.3 is 24.0 Å². The monoisotopic (exact) mass is 420 g/mol. The Morgan fingerprint density at radius 1 is 1.07 bits per heavy atom. The molecule has 1 unspecified atom stereocenters. The molecule has 160 valence electrons. The fourth-order valence-electron chi connectivity index (χ4n) is 3.99. The van der Waals surface area contributed by atoms with E-state index in [1.54, 1.807) is 27.4 Å². The van der Waals surface area contributed by atoms with E-state index in [9.17, 15) is 4.79 Å². The number of amides is 1. The Kier molecular flexibility index (Phi) is 8.12. The van der Waals surface area contributed by atoms with E-state index in [0.29, 0.717) is 17.2 Å². The van der Waals surface area contributed by atoms with Crippen LogP contribution in [0, 0.1) is 0 Å². The molecule has 1 atom stereocenters. The first-order valence-electron chi connectivity index (χ1n) is 10.2. The molecule has 6 nitrogen and oxygen atoms in total. The molecule has 7 heteroatoms. The number of likely N-dealkylation sites (tertiary alicyclic amines) is 1. The standard InChI is InChI=1S/C22H32N2O4S/c1-26-19-13-17(14-20(27-2)22(19)28-3)7-8-21(25)24-11-6-12-29-16-18(24)15-23-9-4-5-10-23/h7-8,13-14,18H,4-6,9-12,15-16H2,1-3H3/b8-7+. The minimum Gasteiger partial charge on any atom is -0.493 e. The summed E-state index contributed by atoms with van der Waals surface area (Å²) in [5.74, 6) is 3.92. The Bertz CT molecular complexity index is 694. The molecule has 1 amide bonds. The summed E-state index contributed by atoms with van der Waals surface area (Å²) < 4.78 is 16.2. The molecule has 2 fully saturated rings. The summed E-state index contributed by atoms with van der Waals surface area (Å²) >= 11 is 1.97. The number of carbonyl (C=O) groups is 1. The van der Waals surface area contributed by atoms with Crippen molar-refractivity contribution in [1.29, 1.82) is 0 Å². The van der Waals surface area contributed by atoms with Crippen molar-refractivity contribution in [2.45, 2.75) is 25.3 Å². The van der Waals surface area contributed by atoms with Gasteiger partial charge in [-0.1, -0.05) is 0 Å². The molecule has 0 N–H and O–H groups in total. The van der Waals surface area contributed by atoms with Crippen molar-refractivity contribution in [2.75, 3.05) is 59.0 Å². The first-order chi connectivity index (χ1) is 14.2. The van der Waals surface area contributed by atoms with Crippen LogP contribution < -0.4 is 14.2 Å². The third-order valence-electron chi connectivity index (χ3n) is 5.49. The SMILES string of the molecule is COc1cc(/C=C/C(=O)N2CCCSCC2CN2CCCC2)cc(OC)c1OC. The lowest BCUT2D eigenvalue weighted by molar-refractivity contribution is -0.128. The maximum Gasteiger partial charge on any atom is 0.246 e. The maximum absolute atomic E-state index is 13.1. The van der Waals surface area contributed by atoms with Crippen molar-refractivity contribution >= 4 is 23.7 Å². The third kappa shape index (κ3) is 5.60. The van der Waals surface area contributed by atoms with E-state index in [4.69, 9.17) is 14.2 Å². The van der Waals surface area contributed by atoms with Crippen LogP contribution in [0.1, 0.15) is 24.8 Å². The van der Waals surface area contributed by atoms with Crippen molar-refractivity contribution in [2.24, 2.45) is 0 Å². The molecule has 0 radical (unpaired) electrons. The van der Waals surface area contributed by atoms with Gasteiger partial charge in [0.2, 0.25) is 11.7 Å². The molecule has 3 rings (SSSR count). The van der Waals surface area contributed by atoms with E-state index in [1.165, 1.54) is 12.8 Å². The highest BCUT2D eigenvalue weighted by atomic mass is 32.2. The third-order valence-corrected chi connectivity index (χ3v) is 6.69. The lowest BCUT2D eigenvalue weighted by atomic mass is 10.1. The highest BCUT2D eigenvalue weighted by molar-refractivity contribution is 7.99. The minimum atomic E-state index is 0.0745. The highest BCUT2D eigenvalue weighted by Gasteiger charge is 2.27. The van der Waals surface area contributed by atoms with E-state index in [-0.39, 0.29) is 11.9 Å². The normalized spacial score (nSPS) is 20.7. The van der Waals surface area contributed by atoms with Crippen LogP contribution in [0.15, 0.2) is 18.2 Å². The molecule has 1 aromatic carbocycles. The number of thioether (sulfide) groups is 1. The van der Waals surface area contributed by atoms with Gasteiger partial charge in [0, 0.05) is 24.9 Å². The summed E-state index contributed by atoms with van der Waals surface area (Å²) in [6.07, 6.45) is 7.10. The summed E-state index contributed by atoms with van der Waals surface area (Å²) in [6.45, 7) is 4.12. The fraction of sp³-hybridized carbons (Fsp3) is 0.591. The molecule has 2 heterocycles. The van der Waals surface area contributed by atoms with E-state index >= 15 is 0 Å². The Labute approximate surface area is 178 Å². The maximum atomic E-state index is 13.1. The zero-order chi connectivity index (χ0) is 20.6. The summed E-state index contributed by atoms with van der Waals surface area (Å²) in [6, 6.07) is 3.98. The molecule has 0 aromatic heterocycles. The average molecular weight is 421 g/mol. The van der Waals surface area contributed by atoms with Gasteiger partial charge in [0.05, 0.1) is 27.4 Å². The summed E-state index contributed by atoms with van der Waals surface area (Å²) in [7, 11) is 4.76. The van der Waals surface area contributed by atoms with Gasteiger partial charge in [-0.25, -0.2) is 0 Å². The van der Waals surface area contributed by atoms with Crippen LogP contribution in [-0.2, 0) is 4.79 Å². The molecule has 0 aliphatic carbocycles. The van der Waals surface area contributed by atoms with Gasteiger partial charge >= 0.3 is 0 Å². The number of carbonyl (C=O) groups excluding carboxylic acids is 1. The minimum absolute atomic E-state index is 0.0745. The highest BCUT2D eigenvalue weighted by Crippen LogP contribution is 2.38. The predicted octanol–water partition coefficient (Wildman–Crippen LogP) is 3.16. The van der Waals surface area contributed by atoms with Crippen molar-refractivity contribution in [1.82, 2.24) is 9.80 Å². The van der Waals surface area contributed by atoms with E-state index < -0.39 is 0 Å². The number of ether oxygens (including phenoxy) is 3.